The average Bonchev–Trinajstić information content (AvgIpc) is 2.40. The maximum Gasteiger partial charge on any atom is 0.231 e. The molecule has 0 atom stereocenters. The standard InChI is InChI=1S/C16H21FN2O/c1-16(2,19-4)11-12-8-9-13(14(17)10-12)6-5-7-15(20)18-3/h8-10H,5-7,11H2,1-3H3,(H,18,20). The molecule has 0 unspecified atom stereocenters. The number of rotatable bonds is 6. The average molecular weight is 276 g/mol. The molecule has 3 nitrogen and oxygen atoms in total. The van der Waals surface area contributed by atoms with Gasteiger partial charge in [-0.15, -0.1) is 0 Å². The molecule has 20 heavy (non-hydrogen) atoms. The summed E-state index contributed by atoms with van der Waals surface area (Å²) in [6, 6.07) is 5.13. The molecular formula is C16H21FN2O. The summed E-state index contributed by atoms with van der Waals surface area (Å²) in [5.74, 6) is -0.277. The lowest BCUT2D eigenvalue weighted by Gasteiger charge is -2.12. The SMILES string of the molecule is [C-]#[N+]C(C)(C)Cc1ccc(CCCC(=O)NC)c(F)c1. The molecule has 1 rings (SSSR count). The predicted molar refractivity (Wildman–Crippen MR) is 77.8 cm³/mol. The molecule has 108 valence electrons. The summed E-state index contributed by atoms with van der Waals surface area (Å²) in [4.78, 5) is 14.6. The molecule has 0 saturated carbocycles. The van der Waals surface area contributed by atoms with Crippen molar-refractivity contribution in [2.24, 2.45) is 0 Å². The van der Waals surface area contributed by atoms with E-state index in [0.717, 1.165) is 5.56 Å². The second kappa shape index (κ2) is 7.04. The number of amides is 1. The van der Waals surface area contributed by atoms with E-state index >= 15 is 0 Å². The van der Waals surface area contributed by atoms with Crippen LogP contribution in [0.4, 0.5) is 4.39 Å². The molecule has 0 fully saturated rings. The Morgan fingerprint density at radius 2 is 2.15 bits per heavy atom. The lowest BCUT2D eigenvalue weighted by Crippen LogP contribution is -2.18. The van der Waals surface area contributed by atoms with Crippen LogP contribution in [-0.2, 0) is 17.6 Å². The quantitative estimate of drug-likeness (QED) is 0.796. The highest BCUT2D eigenvalue weighted by Crippen LogP contribution is 2.20. The summed E-state index contributed by atoms with van der Waals surface area (Å²) in [5, 5.41) is 2.55. The van der Waals surface area contributed by atoms with E-state index in [-0.39, 0.29) is 11.7 Å². The van der Waals surface area contributed by atoms with Gasteiger partial charge in [-0.1, -0.05) is 12.1 Å². The van der Waals surface area contributed by atoms with Gasteiger partial charge in [-0.2, -0.15) is 0 Å². The van der Waals surface area contributed by atoms with Crippen LogP contribution in [0.1, 0.15) is 37.8 Å². The second-order valence-electron chi connectivity index (χ2n) is 5.55. The fourth-order valence-electron chi connectivity index (χ4n) is 2.01. The van der Waals surface area contributed by atoms with Gasteiger partial charge in [-0.05, 0) is 30.0 Å². The molecule has 0 aliphatic carbocycles. The molecule has 0 aliphatic heterocycles. The van der Waals surface area contributed by atoms with E-state index in [1.165, 1.54) is 6.07 Å². The second-order valence-corrected chi connectivity index (χ2v) is 5.55. The monoisotopic (exact) mass is 276 g/mol. The molecular weight excluding hydrogens is 255 g/mol. The number of halogens is 1. The molecule has 0 aliphatic rings. The first-order valence-corrected chi connectivity index (χ1v) is 6.74. The summed E-state index contributed by atoms with van der Waals surface area (Å²) in [5.41, 5.74) is 0.949. The summed E-state index contributed by atoms with van der Waals surface area (Å²) in [6.07, 6.45) is 2.11. The van der Waals surface area contributed by atoms with Gasteiger partial charge in [0, 0.05) is 27.3 Å². The van der Waals surface area contributed by atoms with Gasteiger partial charge < -0.3 is 10.2 Å². The minimum Gasteiger partial charge on any atom is -0.359 e. The van der Waals surface area contributed by atoms with Gasteiger partial charge in [0.1, 0.15) is 5.82 Å². The lowest BCUT2D eigenvalue weighted by molar-refractivity contribution is -0.120. The van der Waals surface area contributed by atoms with E-state index in [0.29, 0.717) is 31.2 Å². The van der Waals surface area contributed by atoms with Crippen LogP contribution >= 0.6 is 0 Å². The topological polar surface area (TPSA) is 33.5 Å². The Kier molecular flexibility index (Phi) is 5.69. The summed E-state index contributed by atoms with van der Waals surface area (Å²) < 4.78 is 14.0. The number of nitrogens with one attached hydrogen (secondary N) is 1. The van der Waals surface area contributed by atoms with Crippen LogP contribution in [0.5, 0.6) is 0 Å². The maximum atomic E-state index is 14.0. The van der Waals surface area contributed by atoms with Crippen LogP contribution in [0.25, 0.3) is 4.85 Å². The van der Waals surface area contributed by atoms with Gasteiger partial charge in [0.15, 0.2) is 0 Å². The fraction of sp³-hybridized carbons (Fsp3) is 0.500. The first-order chi connectivity index (χ1) is 9.38. The van der Waals surface area contributed by atoms with Crippen molar-refractivity contribution in [2.45, 2.75) is 45.1 Å². The number of nitrogens with zero attached hydrogens (tertiary/aromatic N) is 1. The molecule has 0 heterocycles. The van der Waals surface area contributed by atoms with Crippen LogP contribution in [-0.4, -0.2) is 18.5 Å². The molecule has 0 bridgehead atoms. The summed E-state index contributed by atoms with van der Waals surface area (Å²) in [7, 11) is 1.59. The van der Waals surface area contributed by atoms with Gasteiger partial charge in [0.25, 0.3) is 0 Å². The van der Waals surface area contributed by atoms with E-state index in [4.69, 9.17) is 6.57 Å². The largest absolute Gasteiger partial charge is 0.359 e. The number of hydrogen-bond donors (Lipinski definition) is 1. The van der Waals surface area contributed by atoms with Gasteiger partial charge in [0.2, 0.25) is 11.4 Å². The molecule has 0 aromatic heterocycles. The third-order valence-corrected chi connectivity index (χ3v) is 3.19. The maximum absolute atomic E-state index is 14.0. The highest BCUT2D eigenvalue weighted by molar-refractivity contribution is 5.75. The van der Waals surface area contributed by atoms with Crippen molar-refractivity contribution in [3.05, 3.63) is 46.6 Å². The molecule has 4 heteroatoms. The van der Waals surface area contributed by atoms with E-state index in [1.54, 1.807) is 13.1 Å². The van der Waals surface area contributed by atoms with Crippen molar-refractivity contribution >= 4 is 5.91 Å². The zero-order valence-electron chi connectivity index (χ0n) is 12.3. The Labute approximate surface area is 120 Å². The zero-order valence-corrected chi connectivity index (χ0v) is 12.3. The van der Waals surface area contributed by atoms with Crippen LogP contribution in [0, 0.1) is 12.4 Å². The van der Waals surface area contributed by atoms with E-state index in [2.05, 4.69) is 10.2 Å². The Hall–Kier alpha value is -1.89. The Morgan fingerprint density at radius 3 is 2.70 bits per heavy atom. The summed E-state index contributed by atoms with van der Waals surface area (Å²) in [6.45, 7) is 10.8. The van der Waals surface area contributed by atoms with Gasteiger partial charge in [0.05, 0.1) is 6.42 Å². The van der Waals surface area contributed by atoms with Gasteiger partial charge in [-0.25, -0.2) is 11.0 Å². The van der Waals surface area contributed by atoms with Gasteiger partial charge >= 0.3 is 0 Å². The normalized spacial score (nSPS) is 10.9. The van der Waals surface area contributed by atoms with Crippen LogP contribution < -0.4 is 5.32 Å². The van der Waals surface area contributed by atoms with Crippen molar-refractivity contribution in [3.63, 3.8) is 0 Å². The van der Waals surface area contributed by atoms with E-state index in [1.807, 2.05) is 19.9 Å². The molecule has 0 radical (unpaired) electrons. The summed E-state index contributed by atoms with van der Waals surface area (Å²) >= 11 is 0. The van der Waals surface area contributed by atoms with Crippen LogP contribution in [0.2, 0.25) is 0 Å². The Balaban J connectivity index is 2.65. The minimum absolute atomic E-state index is 0.0270. The first-order valence-electron chi connectivity index (χ1n) is 6.74. The molecule has 0 saturated heterocycles. The Bertz CT molecular complexity index is 518. The number of hydrogen-bond acceptors (Lipinski definition) is 1. The lowest BCUT2D eigenvalue weighted by atomic mass is 9.94. The van der Waals surface area contributed by atoms with E-state index < -0.39 is 5.54 Å². The zero-order chi connectivity index (χ0) is 15.2. The molecule has 1 N–H and O–H groups in total. The highest BCUT2D eigenvalue weighted by Gasteiger charge is 2.23. The van der Waals surface area contributed by atoms with Crippen molar-refractivity contribution in [1.82, 2.24) is 5.32 Å². The number of carbonyl (C=O) groups excluding carboxylic acids is 1. The molecule has 1 aromatic carbocycles. The van der Waals surface area contributed by atoms with Gasteiger partial charge in [-0.3, -0.25) is 4.79 Å². The van der Waals surface area contributed by atoms with Crippen LogP contribution in [0.3, 0.4) is 0 Å². The van der Waals surface area contributed by atoms with Crippen molar-refractivity contribution in [3.8, 4) is 0 Å². The highest BCUT2D eigenvalue weighted by atomic mass is 19.1. The third kappa shape index (κ3) is 5.00. The fourth-order valence-corrected chi connectivity index (χ4v) is 2.01. The van der Waals surface area contributed by atoms with E-state index in [9.17, 15) is 9.18 Å². The minimum atomic E-state index is -0.507. The number of carbonyl (C=O) groups is 1. The molecule has 1 amide bonds. The van der Waals surface area contributed by atoms with Crippen LogP contribution in [0.15, 0.2) is 18.2 Å². The molecule has 0 spiro atoms. The first kappa shape index (κ1) is 16.2. The number of benzene rings is 1. The van der Waals surface area contributed by atoms with Crippen molar-refractivity contribution in [1.29, 1.82) is 0 Å². The predicted octanol–water partition coefficient (Wildman–Crippen LogP) is 3.13. The van der Waals surface area contributed by atoms with Crippen molar-refractivity contribution < 1.29 is 9.18 Å². The van der Waals surface area contributed by atoms with Crippen molar-refractivity contribution in [2.75, 3.05) is 7.05 Å². The smallest absolute Gasteiger partial charge is 0.231 e. The molecule has 1 aromatic rings. The third-order valence-electron chi connectivity index (χ3n) is 3.19. The Morgan fingerprint density at radius 1 is 1.45 bits per heavy atom. The number of aryl methyl sites for hydroxylation is 1.